The van der Waals surface area contributed by atoms with Crippen LogP contribution in [0.2, 0.25) is 0 Å². The molecule has 0 aliphatic heterocycles. The van der Waals surface area contributed by atoms with Gasteiger partial charge in [0, 0.05) is 5.75 Å². The third-order valence-corrected chi connectivity index (χ3v) is 3.19. The third kappa shape index (κ3) is 2.40. The van der Waals surface area contributed by atoms with Gasteiger partial charge in [-0.05, 0) is 17.8 Å². The van der Waals surface area contributed by atoms with Crippen molar-refractivity contribution < 1.29 is 0 Å². The molecule has 2 rings (SSSR count). The molecule has 78 valence electrons. The second-order valence-corrected chi connectivity index (χ2v) is 4.28. The molecule has 0 saturated carbocycles. The first-order valence-corrected chi connectivity index (χ1v) is 5.76. The molecule has 0 aliphatic rings. The van der Waals surface area contributed by atoms with Crippen LogP contribution in [-0.4, -0.2) is 14.9 Å². The Kier molecular flexibility index (Phi) is 3.08. The van der Waals surface area contributed by atoms with Crippen molar-refractivity contribution in [3.8, 4) is 0 Å². The Bertz CT molecular complexity index is 488. The topological polar surface area (TPSA) is 59.6 Å². The van der Waals surface area contributed by atoms with Gasteiger partial charge in [-0.2, -0.15) is 0 Å². The molecule has 1 aromatic heterocycles. The summed E-state index contributed by atoms with van der Waals surface area (Å²) in [6.07, 6.45) is 0. The number of H-pyrrole nitrogens is 1. The Hall–Kier alpha value is -1.27. The number of thioether (sulfide) groups is 1. The monoisotopic (exact) mass is 238 g/mol. The van der Waals surface area contributed by atoms with Gasteiger partial charge in [-0.1, -0.05) is 42.1 Å². The summed E-state index contributed by atoms with van der Waals surface area (Å²) in [4.78, 5) is 0. The number of nitrogens with two attached hydrogens (primary N) is 1. The molecule has 0 bridgehead atoms. The van der Waals surface area contributed by atoms with Crippen molar-refractivity contribution in [2.75, 3.05) is 5.84 Å². The number of rotatable bonds is 3. The molecule has 1 aromatic carbocycles. The molecule has 15 heavy (non-hydrogen) atoms. The highest BCUT2D eigenvalue weighted by atomic mass is 32.2. The van der Waals surface area contributed by atoms with E-state index in [1.807, 2.05) is 18.2 Å². The lowest BCUT2D eigenvalue weighted by atomic mass is 10.2. The summed E-state index contributed by atoms with van der Waals surface area (Å²) < 4.78 is 1.81. The van der Waals surface area contributed by atoms with Crippen LogP contribution >= 0.6 is 24.0 Å². The number of nitrogens with one attached hydrogen (secondary N) is 1. The maximum Gasteiger partial charge on any atom is 0.214 e. The first-order valence-electron chi connectivity index (χ1n) is 4.36. The molecule has 0 atom stereocenters. The van der Waals surface area contributed by atoms with E-state index >= 15 is 0 Å². The van der Waals surface area contributed by atoms with Gasteiger partial charge in [0.15, 0.2) is 0 Å². The summed E-state index contributed by atoms with van der Waals surface area (Å²) in [6, 6.07) is 10.1. The predicted molar refractivity (Wildman–Crippen MR) is 63.6 cm³/mol. The Morgan fingerprint density at radius 1 is 1.40 bits per heavy atom. The molecule has 0 radical (unpaired) electrons. The predicted octanol–water partition coefficient (Wildman–Crippen LogP) is 1.95. The van der Waals surface area contributed by atoms with E-state index in [0.29, 0.717) is 9.93 Å². The zero-order valence-corrected chi connectivity index (χ0v) is 9.52. The summed E-state index contributed by atoms with van der Waals surface area (Å²) in [5.41, 5.74) is 1.23. The summed E-state index contributed by atoms with van der Waals surface area (Å²) in [5, 5.41) is 7.36. The van der Waals surface area contributed by atoms with Gasteiger partial charge in [-0.3, -0.25) is 0 Å². The van der Waals surface area contributed by atoms with Gasteiger partial charge in [-0.15, -0.1) is 5.10 Å². The number of benzene rings is 1. The van der Waals surface area contributed by atoms with E-state index in [-0.39, 0.29) is 0 Å². The first kappa shape index (κ1) is 10.3. The molecule has 0 aliphatic carbocycles. The zero-order valence-electron chi connectivity index (χ0n) is 7.88. The second kappa shape index (κ2) is 4.50. The standard InChI is InChI=1S/C9H10N4S2/c10-13-8(14)11-12-9(13)15-6-7-4-2-1-3-5-7/h1-5H,6,10H2,(H,11,14). The smallest absolute Gasteiger partial charge is 0.214 e. The summed E-state index contributed by atoms with van der Waals surface area (Å²) in [7, 11) is 0. The van der Waals surface area contributed by atoms with E-state index in [0.717, 1.165) is 5.75 Å². The normalized spacial score (nSPS) is 10.4. The van der Waals surface area contributed by atoms with E-state index in [9.17, 15) is 0 Å². The van der Waals surface area contributed by atoms with Gasteiger partial charge < -0.3 is 5.84 Å². The minimum Gasteiger partial charge on any atom is -0.335 e. The summed E-state index contributed by atoms with van der Waals surface area (Å²) in [5.74, 6) is 6.50. The second-order valence-electron chi connectivity index (χ2n) is 2.96. The van der Waals surface area contributed by atoms with Crippen LogP contribution in [0.15, 0.2) is 35.5 Å². The molecule has 3 N–H and O–H groups in total. The number of nitrogen functional groups attached to an aromatic ring is 1. The molecular formula is C9H10N4S2. The average molecular weight is 238 g/mol. The average Bonchev–Trinajstić information content (AvgIpc) is 2.59. The maximum absolute atomic E-state index is 5.66. The van der Waals surface area contributed by atoms with Crippen LogP contribution in [0.25, 0.3) is 0 Å². The number of hydrogen-bond donors (Lipinski definition) is 2. The fourth-order valence-electron chi connectivity index (χ4n) is 1.11. The molecule has 4 nitrogen and oxygen atoms in total. The largest absolute Gasteiger partial charge is 0.335 e. The molecule has 0 fully saturated rings. The lowest BCUT2D eigenvalue weighted by molar-refractivity contribution is 0.839. The van der Waals surface area contributed by atoms with E-state index < -0.39 is 0 Å². The maximum atomic E-state index is 5.66. The van der Waals surface area contributed by atoms with Crippen molar-refractivity contribution in [3.05, 3.63) is 40.7 Å². The fraction of sp³-hybridized carbons (Fsp3) is 0.111. The quantitative estimate of drug-likeness (QED) is 0.487. The van der Waals surface area contributed by atoms with Gasteiger partial charge in [-0.25, -0.2) is 9.77 Å². The van der Waals surface area contributed by atoms with Crippen LogP contribution in [0.5, 0.6) is 0 Å². The lowest BCUT2D eigenvalue weighted by Gasteiger charge is -2.00. The van der Waals surface area contributed by atoms with Crippen LogP contribution in [0.1, 0.15) is 5.56 Å². The van der Waals surface area contributed by atoms with Crippen molar-refractivity contribution in [1.29, 1.82) is 0 Å². The number of nitrogens with zero attached hydrogens (tertiary/aromatic N) is 2. The Morgan fingerprint density at radius 2 is 2.13 bits per heavy atom. The number of hydrogen-bond acceptors (Lipinski definition) is 4. The van der Waals surface area contributed by atoms with E-state index in [1.165, 1.54) is 10.2 Å². The van der Waals surface area contributed by atoms with Crippen molar-refractivity contribution in [2.24, 2.45) is 0 Å². The fourth-order valence-corrected chi connectivity index (χ4v) is 2.13. The van der Waals surface area contributed by atoms with E-state index in [4.69, 9.17) is 18.1 Å². The highest BCUT2D eigenvalue weighted by Crippen LogP contribution is 2.18. The van der Waals surface area contributed by atoms with Crippen LogP contribution < -0.4 is 5.84 Å². The van der Waals surface area contributed by atoms with Crippen LogP contribution in [0.3, 0.4) is 0 Å². The van der Waals surface area contributed by atoms with Gasteiger partial charge in [0.1, 0.15) is 0 Å². The van der Waals surface area contributed by atoms with Gasteiger partial charge >= 0.3 is 0 Å². The zero-order chi connectivity index (χ0) is 10.7. The molecule has 0 saturated heterocycles. The summed E-state index contributed by atoms with van der Waals surface area (Å²) >= 11 is 6.46. The van der Waals surface area contributed by atoms with Crippen LogP contribution in [0.4, 0.5) is 0 Å². The van der Waals surface area contributed by atoms with Crippen molar-refractivity contribution in [3.63, 3.8) is 0 Å². The van der Waals surface area contributed by atoms with Gasteiger partial charge in [0.2, 0.25) is 9.93 Å². The Labute approximate surface area is 96.5 Å². The van der Waals surface area contributed by atoms with Crippen molar-refractivity contribution in [1.82, 2.24) is 14.9 Å². The SMILES string of the molecule is Nn1c(SCc2ccccc2)n[nH]c1=S. The Morgan fingerprint density at radius 3 is 2.73 bits per heavy atom. The molecule has 2 aromatic rings. The van der Waals surface area contributed by atoms with E-state index in [2.05, 4.69) is 22.3 Å². The highest BCUT2D eigenvalue weighted by Gasteiger charge is 2.03. The van der Waals surface area contributed by atoms with Crippen LogP contribution in [-0.2, 0) is 5.75 Å². The molecule has 0 unspecified atom stereocenters. The van der Waals surface area contributed by atoms with E-state index in [1.54, 1.807) is 11.8 Å². The van der Waals surface area contributed by atoms with Gasteiger partial charge in [0.25, 0.3) is 0 Å². The molecule has 0 amide bonds. The molecule has 6 heteroatoms. The molecular weight excluding hydrogens is 228 g/mol. The van der Waals surface area contributed by atoms with Crippen molar-refractivity contribution >= 4 is 24.0 Å². The minimum absolute atomic E-state index is 0.436. The number of aromatic nitrogens is 3. The highest BCUT2D eigenvalue weighted by molar-refractivity contribution is 7.98. The number of aromatic amines is 1. The third-order valence-electron chi connectivity index (χ3n) is 1.88. The summed E-state index contributed by atoms with van der Waals surface area (Å²) in [6.45, 7) is 0. The molecule has 0 spiro atoms. The lowest BCUT2D eigenvalue weighted by Crippen LogP contribution is -2.09. The first-order chi connectivity index (χ1) is 7.27. The Balaban J connectivity index is 2.06. The van der Waals surface area contributed by atoms with Crippen LogP contribution in [0, 0.1) is 4.77 Å². The van der Waals surface area contributed by atoms with Gasteiger partial charge in [0.05, 0.1) is 0 Å². The minimum atomic E-state index is 0.436. The van der Waals surface area contributed by atoms with Crippen molar-refractivity contribution in [2.45, 2.75) is 10.9 Å². The molecule has 1 heterocycles.